The quantitative estimate of drug-likeness (QED) is 0.833. The molecule has 2 rings (SSSR count). The maximum absolute atomic E-state index is 5.54. The first-order chi connectivity index (χ1) is 7.38. The van der Waals surface area contributed by atoms with Crippen LogP contribution < -0.4 is 5.32 Å². The zero-order valence-electron chi connectivity index (χ0n) is 9.16. The lowest BCUT2D eigenvalue weighted by molar-refractivity contribution is 0.110. The molecule has 1 aliphatic rings. The van der Waals surface area contributed by atoms with Crippen LogP contribution in [0.1, 0.15) is 29.7 Å². The molecule has 1 aromatic rings. The first-order valence-corrected chi connectivity index (χ1v) is 6.46. The standard InChI is InChI=1S/C11H18N2OS/c1-2-11-13-8-10(15-11)7-12-6-9-4-3-5-14-9/h8-9,12H,2-7H2,1H3. The zero-order chi connectivity index (χ0) is 10.5. The number of hydrogen-bond acceptors (Lipinski definition) is 4. The maximum atomic E-state index is 5.54. The summed E-state index contributed by atoms with van der Waals surface area (Å²) in [6.45, 7) is 4.98. The summed E-state index contributed by atoms with van der Waals surface area (Å²) in [5.41, 5.74) is 0. The summed E-state index contributed by atoms with van der Waals surface area (Å²) in [6, 6.07) is 0. The van der Waals surface area contributed by atoms with Crippen LogP contribution in [0.15, 0.2) is 6.20 Å². The number of aryl methyl sites for hydroxylation is 1. The minimum atomic E-state index is 0.434. The predicted molar refractivity (Wildman–Crippen MR) is 62.2 cm³/mol. The second kappa shape index (κ2) is 5.58. The van der Waals surface area contributed by atoms with E-state index in [9.17, 15) is 0 Å². The largest absolute Gasteiger partial charge is 0.377 e. The number of nitrogens with zero attached hydrogens (tertiary/aromatic N) is 1. The van der Waals surface area contributed by atoms with Crippen molar-refractivity contribution in [3.05, 3.63) is 16.1 Å². The first-order valence-electron chi connectivity index (χ1n) is 5.64. The molecule has 1 aromatic heterocycles. The second-order valence-electron chi connectivity index (χ2n) is 3.84. The third-order valence-corrected chi connectivity index (χ3v) is 3.74. The molecule has 0 bridgehead atoms. The van der Waals surface area contributed by atoms with Gasteiger partial charge < -0.3 is 10.1 Å². The minimum absolute atomic E-state index is 0.434. The van der Waals surface area contributed by atoms with Gasteiger partial charge in [0.2, 0.25) is 0 Å². The van der Waals surface area contributed by atoms with E-state index < -0.39 is 0 Å². The maximum Gasteiger partial charge on any atom is 0.0925 e. The average Bonchev–Trinajstić information content (AvgIpc) is 2.88. The van der Waals surface area contributed by atoms with Crippen LogP contribution in [-0.4, -0.2) is 24.2 Å². The van der Waals surface area contributed by atoms with Crippen LogP contribution in [-0.2, 0) is 17.7 Å². The van der Waals surface area contributed by atoms with Gasteiger partial charge in [-0.05, 0) is 19.3 Å². The normalized spacial score (nSPS) is 21.0. The second-order valence-corrected chi connectivity index (χ2v) is 5.04. The number of aromatic nitrogens is 1. The van der Waals surface area contributed by atoms with Crippen molar-refractivity contribution >= 4 is 11.3 Å². The molecular weight excluding hydrogens is 208 g/mol. The Morgan fingerprint density at radius 2 is 2.60 bits per heavy atom. The molecule has 1 unspecified atom stereocenters. The molecule has 15 heavy (non-hydrogen) atoms. The SMILES string of the molecule is CCc1ncc(CNCC2CCCO2)s1. The molecule has 2 heterocycles. The number of hydrogen-bond donors (Lipinski definition) is 1. The van der Waals surface area contributed by atoms with E-state index in [1.165, 1.54) is 22.7 Å². The summed E-state index contributed by atoms with van der Waals surface area (Å²) in [5, 5.41) is 4.65. The Balaban J connectivity index is 1.68. The van der Waals surface area contributed by atoms with Crippen molar-refractivity contribution in [1.29, 1.82) is 0 Å². The van der Waals surface area contributed by atoms with Gasteiger partial charge in [-0.25, -0.2) is 4.98 Å². The van der Waals surface area contributed by atoms with Crippen LogP contribution in [0.2, 0.25) is 0 Å². The van der Waals surface area contributed by atoms with Gasteiger partial charge in [0.1, 0.15) is 0 Å². The molecule has 0 amide bonds. The highest BCUT2D eigenvalue weighted by molar-refractivity contribution is 7.11. The number of nitrogens with one attached hydrogen (secondary N) is 1. The minimum Gasteiger partial charge on any atom is -0.377 e. The summed E-state index contributed by atoms with van der Waals surface area (Å²) in [4.78, 5) is 5.66. The van der Waals surface area contributed by atoms with Gasteiger partial charge in [-0.3, -0.25) is 0 Å². The Labute approximate surface area is 94.9 Å². The smallest absolute Gasteiger partial charge is 0.0925 e. The van der Waals surface area contributed by atoms with Crippen LogP contribution in [0.3, 0.4) is 0 Å². The molecular formula is C11H18N2OS. The Morgan fingerprint density at radius 3 is 3.27 bits per heavy atom. The van der Waals surface area contributed by atoms with E-state index in [-0.39, 0.29) is 0 Å². The Morgan fingerprint density at radius 1 is 1.67 bits per heavy atom. The molecule has 0 radical (unpaired) electrons. The van der Waals surface area contributed by atoms with E-state index in [1.54, 1.807) is 11.3 Å². The monoisotopic (exact) mass is 226 g/mol. The van der Waals surface area contributed by atoms with Crippen LogP contribution in [0.5, 0.6) is 0 Å². The van der Waals surface area contributed by atoms with E-state index >= 15 is 0 Å². The van der Waals surface area contributed by atoms with Gasteiger partial charge in [-0.1, -0.05) is 6.92 Å². The van der Waals surface area contributed by atoms with Gasteiger partial charge in [0.15, 0.2) is 0 Å². The Kier molecular flexibility index (Phi) is 4.11. The van der Waals surface area contributed by atoms with Crippen molar-refractivity contribution in [1.82, 2.24) is 10.3 Å². The molecule has 0 saturated carbocycles. The summed E-state index contributed by atoms with van der Waals surface area (Å²) in [6.07, 6.45) is 5.87. The lowest BCUT2D eigenvalue weighted by atomic mass is 10.2. The number of rotatable bonds is 5. The molecule has 1 saturated heterocycles. The van der Waals surface area contributed by atoms with E-state index in [0.29, 0.717) is 6.10 Å². The Hall–Kier alpha value is -0.450. The lowest BCUT2D eigenvalue weighted by Crippen LogP contribution is -2.25. The molecule has 4 heteroatoms. The van der Waals surface area contributed by atoms with Crippen molar-refractivity contribution < 1.29 is 4.74 Å². The number of thiazole rings is 1. The molecule has 84 valence electrons. The molecule has 0 spiro atoms. The zero-order valence-corrected chi connectivity index (χ0v) is 9.98. The summed E-state index contributed by atoms with van der Waals surface area (Å²) < 4.78 is 5.54. The molecule has 1 aliphatic heterocycles. The summed E-state index contributed by atoms with van der Waals surface area (Å²) >= 11 is 1.80. The van der Waals surface area contributed by atoms with Crippen molar-refractivity contribution in [2.45, 2.75) is 38.8 Å². The van der Waals surface area contributed by atoms with Gasteiger partial charge in [-0.15, -0.1) is 11.3 Å². The van der Waals surface area contributed by atoms with E-state index in [2.05, 4.69) is 17.2 Å². The molecule has 1 fully saturated rings. The van der Waals surface area contributed by atoms with Gasteiger partial charge in [0.25, 0.3) is 0 Å². The predicted octanol–water partition coefficient (Wildman–Crippen LogP) is 1.97. The van der Waals surface area contributed by atoms with Crippen molar-refractivity contribution in [3.8, 4) is 0 Å². The fourth-order valence-corrected chi connectivity index (χ4v) is 2.59. The third kappa shape index (κ3) is 3.26. The molecule has 3 nitrogen and oxygen atoms in total. The van der Waals surface area contributed by atoms with Crippen molar-refractivity contribution in [2.24, 2.45) is 0 Å². The lowest BCUT2D eigenvalue weighted by Gasteiger charge is -2.09. The number of ether oxygens (including phenoxy) is 1. The topological polar surface area (TPSA) is 34.2 Å². The summed E-state index contributed by atoms with van der Waals surface area (Å²) in [7, 11) is 0. The van der Waals surface area contributed by atoms with E-state index in [0.717, 1.165) is 26.1 Å². The van der Waals surface area contributed by atoms with Crippen LogP contribution in [0, 0.1) is 0 Å². The summed E-state index contributed by atoms with van der Waals surface area (Å²) in [5.74, 6) is 0. The Bertz CT molecular complexity index is 295. The van der Waals surface area contributed by atoms with Gasteiger partial charge in [0, 0.05) is 30.8 Å². The van der Waals surface area contributed by atoms with Crippen LogP contribution >= 0.6 is 11.3 Å². The fraction of sp³-hybridized carbons (Fsp3) is 0.727. The molecule has 0 aromatic carbocycles. The van der Waals surface area contributed by atoms with Crippen LogP contribution in [0.4, 0.5) is 0 Å². The van der Waals surface area contributed by atoms with Gasteiger partial charge >= 0.3 is 0 Å². The first kappa shape index (κ1) is 11.0. The van der Waals surface area contributed by atoms with Gasteiger partial charge in [0.05, 0.1) is 11.1 Å². The molecule has 0 aliphatic carbocycles. The van der Waals surface area contributed by atoms with E-state index in [1.807, 2.05) is 6.20 Å². The molecule has 1 N–H and O–H groups in total. The highest BCUT2D eigenvalue weighted by Gasteiger charge is 2.14. The van der Waals surface area contributed by atoms with Gasteiger partial charge in [-0.2, -0.15) is 0 Å². The van der Waals surface area contributed by atoms with Crippen LogP contribution in [0.25, 0.3) is 0 Å². The highest BCUT2D eigenvalue weighted by Crippen LogP contribution is 2.14. The highest BCUT2D eigenvalue weighted by atomic mass is 32.1. The third-order valence-electron chi connectivity index (χ3n) is 2.60. The molecule has 1 atom stereocenters. The van der Waals surface area contributed by atoms with Crippen molar-refractivity contribution in [3.63, 3.8) is 0 Å². The van der Waals surface area contributed by atoms with Crippen molar-refractivity contribution in [2.75, 3.05) is 13.2 Å². The average molecular weight is 226 g/mol. The fourth-order valence-electron chi connectivity index (χ4n) is 1.75. The van der Waals surface area contributed by atoms with E-state index in [4.69, 9.17) is 4.74 Å².